The Kier molecular flexibility index (Phi) is 5.64. The van der Waals surface area contributed by atoms with Crippen LogP contribution in [0.5, 0.6) is 0 Å². The molecule has 2 rings (SSSR count). The van der Waals surface area contributed by atoms with Gasteiger partial charge < -0.3 is 9.30 Å². The maximum atomic E-state index is 12.5. The minimum atomic E-state index is -0.428. The van der Waals surface area contributed by atoms with Crippen molar-refractivity contribution in [1.82, 2.24) is 4.57 Å². The summed E-state index contributed by atoms with van der Waals surface area (Å²) in [6.07, 6.45) is 4.60. The molecule has 0 spiro atoms. The van der Waals surface area contributed by atoms with Crippen molar-refractivity contribution in [1.29, 1.82) is 0 Å². The highest BCUT2D eigenvalue weighted by Gasteiger charge is 2.15. The van der Waals surface area contributed by atoms with E-state index < -0.39 is 5.97 Å². The second-order valence-electron chi connectivity index (χ2n) is 4.80. The van der Waals surface area contributed by atoms with Crippen LogP contribution in [0, 0.1) is 0 Å². The van der Waals surface area contributed by atoms with Gasteiger partial charge in [0.05, 0.1) is 11.6 Å². The van der Waals surface area contributed by atoms with Crippen LogP contribution in [0.25, 0.3) is 6.08 Å². The fourth-order valence-electron chi connectivity index (χ4n) is 2.04. The lowest BCUT2D eigenvalue weighted by Gasteiger charge is -2.02. The molecule has 1 heterocycles. The SMILES string of the molecule is CCOC(=O)/C=C/c1cc(C(=O)c2ccc(Cl)cc2Cl)cn1C. The molecule has 0 N–H and O–H groups in total. The van der Waals surface area contributed by atoms with Gasteiger partial charge in [0.1, 0.15) is 0 Å². The van der Waals surface area contributed by atoms with Crippen molar-refractivity contribution in [3.05, 3.63) is 63.4 Å². The lowest BCUT2D eigenvalue weighted by atomic mass is 10.1. The number of aromatic nitrogens is 1. The molecule has 0 aliphatic heterocycles. The molecule has 0 atom stereocenters. The minimum absolute atomic E-state index is 0.210. The third kappa shape index (κ3) is 4.24. The standard InChI is InChI=1S/C17H15Cl2NO3/c1-3-23-16(21)7-5-13-8-11(10-20(13)2)17(22)14-6-4-12(18)9-15(14)19/h4-10H,3H2,1-2H3/b7-5+. The number of benzene rings is 1. The smallest absolute Gasteiger partial charge is 0.330 e. The predicted molar refractivity (Wildman–Crippen MR) is 91.0 cm³/mol. The second kappa shape index (κ2) is 7.49. The fraction of sp³-hybridized carbons (Fsp3) is 0.176. The lowest BCUT2D eigenvalue weighted by molar-refractivity contribution is -0.137. The van der Waals surface area contributed by atoms with E-state index in [4.69, 9.17) is 27.9 Å². The molecule has 0 bridgehead atoms. The zero-order valence-corrected chi connectivity index (χ0v) is 14.2. The number of esters is 1. The van der Waals surface area contributed by atoms with Gasteiger partial charge in [0, 0.05) is 41.2 Å². The zero-order chi connectivity index (χ0) is 17.0. The second-order valence-corrected chi connectivity index (χ2v) is 5.65. The first-order valence-corrected chi connectivity index (χ1v) is 7.69. The highest BCUT2D eigenvalue weighted by atomic mass is 35.5. The first kappa shape index (κ1) is 17.3. The van der Waals surface area contributed by atoms with E-state index in [1.807, 2.05) is 0 Å². The van der Waals surface area contributed by atoms with Gasteiger partial charge in [0.25, 0.3) is 0 Å². The number of carbonyl (C=O) groups excluding carboxylic acids is 2. The molecule has 6 heteroatoms. The quantitative estimate of drug-likeness (QED) is 0.462. The Bertz CT molecular complexity index is 778. The zero-order valence-electron chi connectivity index (χ0n) is 12.7. The molecule has 0 amide bonds. The van der Waals surface area contributed by atoms with E-state index in [1.165, 1.54) is 12.1 Å². The van der Waals surface area contributed by atoms with Crippen LogP contribution in [-0.2, 0) is 16.6 Å². The van der Waals surface area contributed by atoms with Crippen LogP contribution in [0.1, 0.15) is 28.5 Å². The Balaban J connectivity index is 2.26. The van der Waals surface area contributed by atoms with E-state index in [-0.39, 0.29) is 5.78 Å². The van der Waals surface area contributed by atoms with Crippen molar-refractivity contribution in [2.24, 2.45) is 7.05 Å². The normalized spacial score (nSPS) is 11.0. The molecule has 1 aromatic carbocycles. The van der Waals surface area contributed by atoms with E-state index in [2.05, 4.69) is 0 Å². The summed E-state index contributed by atoms with van der Waals surface area (Å²) in [4.78, 5) is 23.9. The molecule has 0 aliphatic carbocycles. The maximum absolute atomic E-state index is 12.5. The molecule has 0 unspecified atom stereocenters. The Morgan fingerprint density at radius 1 is 1.26 bits per heavy atom. The molecule has 0 radical (unpaired) electrons. The minimum Gasteiger partial charge on any atom is -0.463 e. The molecule has 0 fully saturated rings. The monoisotopic (exact) mass is 351 g/mol. The number of hydrogen-bond donors (Lipinski definition) is 0. The van der Waals surface area contributed by atoms with Gasteiger partial charge in [0.15, 0.2) is 5.78 Å². The summed E-state index contributed by atoms with van der Waals surface area (Å²) in [6, 6.07) is 6.42. The number of nitrogens with zero attached hydrogens (tertiary/aromatic N) is 1. The van der Waals surface area contributed by atoms with E-state index in [1.54, 1.807) is 49.0 Å². The first-order valence-electron chi connectivity index (χ1n) is 6.93. The van der Waals surface area contributed by atoms with E-state index in [0.717, 1.165) is 0 Å². The van der Waals surface area contributed by atoms with E-state index in [0.29, 0.717) is 33.5 Å². The molecule has 2 aromatic rings. The average Bonchev–Trinajstić information content (AvgIpc) is 2.86. The van der Waals surface area contributed by atoms with Crippen LogP contribution < -0.4 is 0 Å². The summed E-state index contributed by atoms with van der Waals surface area (Å²) >= 11 is 11.9. The molecule has 0 saturated heterocycles. The molecular weight excluding hydrogens is 337 g/mol. The Hall–Kier alpha value is -2.04. The van der Waals surface area contributed by atoms with Gasteiger partial charge in [-0.25, -0.2) is 4.79 Å². The summed E-state index contributed by atoms with van der Waals surface area (Å²) < 4.78 is 6.56. The number of aryl methyl sites for hydroxylation is 1. The summed E-state index contributed by atoms with van der Waals surface area (Å²) in [5, 5.41) is 0.771. The predicted octanol–water partition coefficient (Wildman–Crippen LogP) is 4.14. The van der Waals surface area contributed by atoms with Crippen molar-refractivity contribution >= 4 is 41.0 Å². The highest BCUT2D eigenvalue weighted by Crippen LogP contribution is 2.24. The average molecular weight is 352 g/mol. The van der Waals surface area contributed by atoms with E-state index >= 15 is 0 Å². The van der Waals surface area contributed by atoms with Gasteiger partial charge in [-0.1, -0.05) is 23.2 Å². The maximum Gasteiger partial charge on any atom is 0.330 e. The van der Waals surface area contributed by atoms with Crippen LogP contribution in [0.2, 0.25) is 10.0 Å². The largest absolute Gasteiger partial charge is 0.463 e. The number of ketones is 1. The van der Waals surface area contributed by atoms with Crippen LogP contribution in [0.4, 0.5) is 0 Å². The third-order valence-electron chi connectivity index (χ3n) is 3.16. The summed E-state index contributed by atoms with van der Waals surface area (Å²) in [5.74, 6) is -0.639. The third-order valence-corrected chi connectivity index (χ3v) is 3.71. The van der Waals surface area contributed by atoms with Gasteiger partial charge in [-0.15, -0.1) is 0 Å². The number of hydrogen-bond acceptors (Lipinski definition) is 3. The molecule has 0 aliphatic rings. The van der Waals surface area contributed by atoms with Gasteiger partial charge in [-0.3, -0.25) is 4.79 Å². The number of ether oxygens (including phenoxy) is 1. The topological polar surface area (TPSA) is 48.3 Å². The number of carbonyl (C=O) groups is 2. The summed E-state index contributed by atoms with van der Waals surface area (Å²) in [6.45, 7) is 2.05. The van der Waals surface area contributed by atoms with Crippen molar-refractivity contribution in [3.63, 3.8) is 0 Å². The molecule has 1 aromatic heterocycles. The Morgan fingerprint density at radius 2 is 2.00 bits per heavy atom. The van der Waals surface area contributed by atoms with Gasteiger partial charge >= 0.3 is 5.97 Å². The van der Waals surface area contributed by atoms with Gasteiger partial charge in [-0.05, 0) is 37.3 Å². The van der Waals surface area contributed by atoms with Crippen molar-refractivity contribution in [2.75, 3.05) is 6.61 Å². The van der Waals surface area contributed by atoms with Gasteiger partial charge in [-0.2, -0.15) is 0 Å². The van der Waals surface area contributed by atoms with Crippen molar-refractivity contribution < 1.29 is 14.3 Å². The fourth-order valence-corrected chi connectivity index (χ4v) is 2.54. The highest BCUT2D eigenvalue weighted by molar-refractivity contribution is 6.37. The molecular formula is C17H15Cl2NO3. The summed E-state index contributed by atoms with van der Waals surface area (Å²) in [5.41, 5.74) is 1.55. The Labute approximate surface area is 144 Å². The van der Waals surface area contributed by atoms with Crippen LogP contribution in [-0.4, -0.2) is 22.9 Å². The van der Waals surface area contributed by atoms with Gasteiger partial charge in [0.2, 0.25) is 0 Å². The Morgan fingerprint density at radius 3 is 2.65 bits per heavy atom. The number of halogens is 2. The van der Waals surface area contributed by atoms with Crippen LogP contribution in [0.3, 0.4) is 0 Å². The number of rotatable bonds is 5. The molecule has 120 valence electrons. The molecule has 23 heavy (non-hydrogen) atoms. The lowest BCUT2D eigenvalue weighted by Crippen LogP contribution is -2.00. The van der Waals surface area contributed by atoms with Crippen molar-refractivity contribution in [3.8, 4) is 0 Å². The van der Waals surface area contributed by atoms with E-state index in [9.17, 15) is 9.59 Å². The molecule has 0 saturated carbocycles. The van der Waals surface area contributed by atoms with Crippen LogP contribution >= 0.6 is 23.2 Å². The molecule has 4 nitrogen and oxygen atoms in total. The van der Waals surface area contributed by atoms with Crippen molar-refractivity contribution in [2.45, 2.75) is 6.92 Å². The summed E-state index contributed by atoms with van der Waals surface area (Å²) in [7, 11) is 1.78. The van der Waals surface area contributed by atoms with Crippen LogP contribution in [0.15, 0.2) is 36.5 Å². The first-order chi connectivity index (χ1) is 10.9.